The lowest BCUT2D eigenvalue weighted by Crippen LogP contribution is -2.44. The van der Waals surface area contributed by atoms with Crippen LogP contribution in [0.1, 0.15) is 18.1 Å². The summed E-state index contributed by atoms with van der Waals surface area (Å²) in [6, 6.07) is 5.85. The standard InChI is InChI=1S/C19H18F6N4O2/c1-11(27-17(31)29-15-7-3-5-13(9-15)19(23,24)25)10-26-16(30)28-14-6-2-4-12(8-14)18(20,21)22/h2-9,11H,10H2,1H3,(H2,26,28,30)(H2,27,29,31)/t11-/m1/s1. The van der Waals surface area contributed by atoms with E-state index in [2.05, 4.69) is 21.3 Å². The summed E-state index contributed by atoms with van der Waals surface area (Å²) in [6.45, 7) is 1.41. The van der Waals surface area contributed by atoms with Gasteiger partial charge in [0.15, 0.2) is 0 Å². The monoisotopic (exact) mass is 448 g/mol. The molecule has 4 amide bonds. The van der Waals surface area contributed by atoms with Crippen LogP contribution in [0.25, 0.3) is 0 Å². The van der Waals surface area contributed by atoms with Gasteiger partial charge in [0.2, 0.25) is 0 Å². The van der Waals surface area contributed by atoms with E-state index >= 15 is 0 Å². The van der Waals surface area contributed by atoms with Gasteiger partial charge in [-0.1, -0.05) is 12.1 Å². The number of alkyl halides is 6. The summed E-state index contributed by atoms with van der Waals surface area (Å²) in [4.78, 5) is 23.8. The largest absolute Gasteiger partial charge is 0.416 e. The summed E-state index contributed by atoms with van der Waals surface area (Å²) < 4.78 is 76.2. The molecule has 2 aromatic rings. The first-order chi connectivity index (χ1) is 14.3. The van der Waals surface area contributed by atoms with E-state index in [1.165, 1.54) is 19.1 Å². The van der Waals surface area contributed by atoms with Crippen molar-refractivity contribution in [3.05, 3.63) is 59.7 Å². The second kappa shape index (κ2) is 9.58. The molecule has 0 saturated heterocycles. The Labute approximate surface area is 173 Å². The number of urea groups is 2. The van der Waals surface area contributed by atoms with Gasteiger partial charge in [0.05, 0.1) is 11.1 Å². The predicted octanol–water partition coefficient (Wildman–Crippen LogP) is 5.06. The molecule has 168 valence electrons. The normalized spacial score (nSPS) is 12.6. The summed E-state index contributed by atoms with van der Waals surface area (Å²) in [5.74, 6) is 0. The van der Waals surface area contributed by atoms with Crippen LogP contribution in [0.5, 0.6) is 0 Å². The van der Waals surface area contributed by atoms with Gasteiger partial charge >= 0.3 is 24.4 Å². The van der Waals surface area contributed by atoms with Crippen molar-refractivity contribution in [3.63, 3.8) is 0 Å². The van der Waals surface area contributed by atoms with Crippen molar-refractivity contribution >= 4 is 23.4 Å². The highest BCUT2D eigenvalue weighted by Crippen LogP contribution is 2.31. The van der Waals surface area contributed by atoms with E-state index < -0.39 is 41.6 Å². The molecule has 0 aliphatic rings. The molecule has 4 N–H and O–H groups in total. The second-order valence-corrected chi connectivity index (χ2v) is 6.49. The highest BCUT2D eigenvalue weighted by atomic mass is 19.4. The Morgan fingerprint density at radius 3 is 1.71 bits per heavy atom. The first-order valence-electron chi connectivity index (χ1n) is 8.81. The Hall–Kier alpha value is -3.44. The van der Waals surface area contributed by atoms with Crippen molar-refractivity contribution in [1.82, 2.24) is 10.6 Å². The Balaban J connectivity index is 1.82. The number of anilines is 2. The van der Waals surface area contributed by atoms with E-state index in [1.807, 2.05) is 0 Å². The van der Waals surface area contributed by atoms with Crippen LogP contribution in [0.3, 0.4) is 0 Å². The molecule has 0 aromatic heterocycles. The average molecular weight is 448 g/mol. The third kappa shape index (κ3) is 7.72. The molecule has 6 nitrogen and oxygen atoms in total. The number of benzene rings is 2. The van der Waals surface area contributed by atoms with Gasteiger partial charge < -0.3 is 21.3 Å². The number of nitrogens with one attached hydrogen (secondary N) is 4. The lowest BCUT2D eigenvalue weighted by atomic mass is 10.2. The van der Waals surface area contributed by atoms with Crippen molar-refractivity contribution in [2.45, 2.75) is 25.3 Å². The number of hydrogen-bond acceptors (Lipinski definition) is 2. The van der Waals surface area contributed by atoms with Gasteiger partial charge in [-0.15, -0.1) is 0 Å². The van der Waals surface area contributed by atoms with Gasteiger partial charge in [-0.25, -0.2) is 9.59 Å². The molecule has 0 heterocycles. The molecule has 0 aliphatic heterocycles. The molecule has 12 heteroatoms. The summed E-state index contributed by atoms with van der Waals surface area (Å²) in [5, 5.41) is 9.26. The van der Waals surface area contributed by atoms with Gasteiger partial charge in [-0.3, -0.25) is 0 Å². The lowest BCUT2D eigenvalue weighted by molar-refractivity contribution is -0.138. The van der Waals surface area contributed by atoms with E-state index in [9.17, 15) is 35.9 Å². The Morgan fingerprint density at radius 2 is 1.26 bits per heavy atom. The zero-order valence-corrected chi connectivity index (χ0v) is 16.0. The van der Waals surface area contributed by atoms with E-state index in [1.54, 1.807) is 0 Å². The maximum Gasteiger partial charge on any atom is 0.416 e. The van der Waals surface area contributed by atoms with Crippen LogP contribution in [-0.4, -0.2) is 24.6 Å². The zero-order chi connectivity index (χ0) is 23.2. The van der Waals surface area contributed by atoms with Crippen LogP contribution in [0, 0.1) is 0 Å². The van der Waals surface area contributed by atoms with Crippen molar-refractivity contribution in [2.75, 3.05) is 17.2 Å². The van der Waals surface area contributed by atoms with Crippen molar-refractivity contribution in [1.29, 1.82) is 0 Å². The van der Waals surface area contributed by atoms with Crippen LogP contribution < -0.4 is 21.3 Å². The molecular weight excluding hydrogens is 430 g/mol. The smallest absolute Gasteiger partial charge is 0.336 e. The molecule has 0 aliphatic carbocycles. The molecule has 0 saturated carbocycles. The molecule has 2 rings (SSSR count). The number of rotatable bonds is 5. The zero-order valence-electron chi connectivity index (χ0n) is 16.0. The fraction of sp³-hybridized carbons (Fsp3) is 0.263. The first kappa shape index (κ1) is 23.8. The van der Waals surface area contributed by atoms with Crippen molar-refractivity contribution < 1.29 is 35.9 Å². The molecule has 0 bridgehead atoms. The number of carbonyl (C=O) groups excluding carboxylic acids is 2. The Bertz CT molecular complexity index is 930. The van der Waals surface area contributed by atoms with Crippen LogP contribution in [0.4, 0.5) is 47.3 Å². The second-order valence-electron chi connectivity index (χ2n) is 6.49. The van der Waals surface area contributed by atoms with Gasteiger partial charge in [0, 0.05) is 24.0 Å². The van der Waals surface area contributed by atoms with E-state index in [4.69, 9.17) is 0 Å². The summed E-state index contributed by atoms with van der Waals surface area (Å²) >= 11 is 0. The molecule has 0 fully saturated rings. The Morgan fingerprint density at radius 1 is 0.806 bits per heavy atom. The van der Waals surface area contributed by atoms with E-state index in [-0.39, 0.29) is 17.9 Å². The van der Waals surface area contributed by atoms with Gasteiger partial charge in [0.1, 0.15) is 0 Å². The quantitative estimate of drug-likeness (QED) is 0.483. The van der Waals surface area contributed by atoms with Crippen molar-refractivity contribution in [2.24, 2.45) is 0 Å². The summed E-state index contributed by atoms with van der Waals surface area (Å²) in [5.41, 5.74) is -2.00. The van der Waals surface area contributed by atoms with E-state index in [0.29, 0.717) is 0 Å². The lowest BCUT2D eigenvalue weighted by Gasteiger charge is -2.16. The minimum Gasteiger partial charge on any atom is -0.336 e. The minimum absolute atomic E-state index is 0.0739. The fourth-order valence-electron chi connectivity index (χ4n) is 2.41. The predicted molar refractivity (Wildman–Crippen MR) is 102 cm³/mol. The third-order valence-electron chi connectivity index (χ3n) is 3.84. The van der Waals surface area contributed by atoms with Crippen LogP contribution in [-0.2, 0) is 12.4 Å². The first-order valence-corrected chi connectivity index (χ1v) is 8.81. The number of amides is 4. The van der Waals surface area contributed by atoms with Gasteiger partial charge in [-0.2, -0.15) is 26.3 Å². The molecule has 0 spiro atoms. The molecule has 0 radical (unpaired) electrons. The van der Waals surface area contributed by atoms with Crippen LogP contribution >= 0.6 is 0 Å². The van der Waals surface area contributed by atoms with Crippen molar-refractivity contribution in [3.8, 4) is 0 Å². The molecule has 2 aromatic carbocycles. The third-order valence-corrected chi connectivity index (χ3v) is 3.84. The fourth-order valence-corrected chi connectivity index (χ4v) is 2.41. The SMILES string of the molecule is C[C@H](CNC(=O)Nc1cccc(C(F)(F)F)c1)NC(=O)Nc1cccc(C(F)(F)F)c1. The Kier molecular flexibility index (Phi) is 7.37. The number of hydrogen-bond donors (Lipinski definition) is 4. The van der Waals surface area contributed by atoms with Crippen LogP contribution in [0.2, 0.25) is 0 Å². The topological polar surface area (TPSA) is 82.3 Å². The minimum atomic E-state index is -4.56. The average Bonchev–Trinajstić information content (AvgIpc) is 2.65. The van der Waals surface area contributed by atoms with E-state index in [0.717, 1.165) is 36.4 Å². The molecular formula is C19H18F6N4O2. The molecule has 31 heavy (non-hydrogen) atoms. The summed E-state index contributed by atoms with van der Waals surface area (Å²) in [7, 11) is 0. The number of carbonyl (C=O) groups is 2. The maximum absolute atomic E-state index is 12.7. The number of halogens is 6. The summed E-state index contributed by atoms with van der Waals surface area (Å²) in [6.07, 6.45) is -9.11. The highest BCUT2D eigenvalue weighted by molar-refractivity contribution is 5.90. The molecule has 1 atom stereocenters. The van der Waals surface area contributed by atoms with Gasteiger partial charge in [0.25, 0.3) is 0 Å². The van der Waals surface area contributed by atoms with Crippen LogP contribution in [0.15, 0.2) is 48.5 Å². The molecule has 0 unspecified atom stereocenters. The highest BCUT2D eigenvalue weighted by Gasteiger charge is 2.31. The van der Waals surface area contributed by atoms with Gasteiger partial charge in [-0.05, 0) is 43.3 Å². The maximum atomic E-state index is 12.7.